The van der Waals surface area contributed by atoms with Crippen molar-refractivity contribution in [3.05, 3.63) is 0 Å². The fourth-order valence-corrected chi connectivity index (χ4v) is 4.44. The average Bonchev–Trinajstić information content (AvgIpc) is 2.83. The van der Waals surface area contributed by atoms with Gasteiger partial charge in [-0.15, -0.1) is 0 Å². The molecular formula is C11H18N2O5S. The van der Waals surface area contributed by atoms with Crippen molar-refractivity contribution >= 4 is 21.7 Å². The third-order valence-electron chi connectivity index (χ3n) is 3.60. The molecule has 2 atom stereocenters. The number of hydrogen-bond donors (Lipinski definition) is 2. The molecule has 0 bridgehead atoms. The van der Waals surface area contributed by atoms with Crippen molar-refractivity contribution in [1.82, 2.24) is 10.2 Å². The van der Waals surface area contributed by atoms with Gasteiger partial charge in [0.1, 0.15) is 0 Å². The summed E-state index contributed by atoms with van der Waals surface area (Å²) in [7, 11) is -3.04. The number of carbonyl (C=O) groups excluding carboxylic acids is 1. The van der Waals surface area contributed by atoms with Crippen LogP contribution in [-0.2, 0) is 19.4 Å². The topological polar surface area (TPSA) is 104 Å². The summed E-state index contributed by atoms with van der Waals surface area (Å²) in [4.78, 5) is 23.7. The molecule has 108 valence electrons. The van der Waals surface area contributed by atoms with Gasteiger partial charge in [0.15, 0.2) is 9.84 Å². The standard InChI is InChI=1S/C11H18N2O5S/c14-10-2-1-8(12-10)5-13(6-11(15)16)9-3-4-19(17,18)7-9/h8-9H,1-7H2,(H,12,14)(H,15,16). The maximum absolute atomic E-state index is 11.5. The van der Waals surface area contributed by atoms with Gasteiger partial charge in [-0.2, -0.15) is 0 Å². The van der Waals surface area contributed by atoms with E-state index in [1.54, 1.807) is 4.90 Å². The van der Waals surface area contributed by atoms with Gasteiger partial charge in [-0.1, -0.05) is 0 Å². The molecule has 2 N–H and O–H groups in total. The second kappa shape index (κ2) is 5.46. The van der Waals surface area contributed by atoms with E-state index >= 15 is 0 Å². The fraction of sp³-hybridized carbons (Fsp3) is 0.818. The molecule has 7 nitrogen and oxygen atoms in total. The molecule has 0 radical (unpaired) electrons. The molecule has 2 aliphatic rings. The zero-order valence-corrected chi connectivity index (χ0v) is 11.4. The highest BCUT2D eigenvalue weighted by Crippen LogP contribution is 2.19. The second-order valence-corrected chi connectivity index (χ2v) is 7.41. The van der Waals surface area contributed by atoms with Crippen LogP contribution in [0, 0.1) is 0 Å². The van der Waals surface area contributed by atoms with E-state index in [1.165, 1.54) is 0 Å². The number of nitrogens with zero attached hydrogens (tertiary/aromatic N) is 1. The predicted octanol–water partition coefficient (Wildman–Crippen LogP) is -1.16. The number of amides is 1. The van der Waals surface area contributed by atoms with E-state index in [-0.39, 0.29) is 36.0 Å². The van der Waals surface area contributed by atoms with E-state index in [0.29, 0.717) is 25.8 Å². The lowest BCUT2D eigenvalue weighted by molar-refractivity contribution is -0.138. The minimum absolute atomic E-state index is 0.0148. The van der Waals surface area contributed by atoms with Crippen LogP contribution in [0.15, 0.2) is 0 Å². The molecule has 19 heavy (non-hydrogen) atoms. The first-order valence-corrected chi connectivity index (χ1v) is 8.13. The largest absolute Gasteiger partial charge is 0.480 e. The van der Waals surface area contributed by atoms with Crippen molar-refractivity contribution in [3.63, 3.8) is 0 Å². The summed E-state index contributed by atoms with van der Waals surface area (Å²) in [6.45, 7) is 0.213. The van der Waals surface area contributed by atoms with Crippen LogP contribution >= 0.6 is 0 Å². The van der Waals surface area contributed by atoms with Crippen molar-refractivity contribution < 1.29 is 23.1 Å². The van der Waals surface area contributed by atoms with Crippen LogP contribution in [0.5, 0.6) is 0 Å². The summed E-state index contributed by atoms with van der Waals surface area (Å²) in [6, 6.07) is -0.325. The van der Waals surface area contributed by atoms with Gasteiger partial charge in [0.25, 0.3) is 0 Å². The first-order valence-electron chi connectivity index (χ1n) is 6.31. The van der Waals surface area contributed by atoms with Crippen LogP contribution in [0.25, 0.3) is 0 Å². The predicted molar refractivity (Wildman–Crippen MR) is 67.4 cm³/mol. The SMILES string of the molecule is O=C(O)CN(CC1CCC(=O)N1)C1CCS(=O)(=O)C1. The Morgan fingerprint density at radius 1 is 1.42 bits per heavy atom. The van der Waals surface area contributed by atoms with E-state index in [9.17, 15) is 18.0 Å². The number of nitrogens with one attached hydrogen (secondary N) is 1. The summed E-state index contributed by atoms with van der Waals surface area (Å²) in [5.41, 5.74) is 0. The Morgan fingerprint density at radius 3 is 2.63 bits per heavy atom. The highest BCUT2D eigenvalue weighted by atomic mass is 32.2. The Bertz CT molecular complexity index is 475. The lowest BCUT2D eigenvalue weighted by Gasteiger charge is -2.28. The molecule has 0 spiro atoms. The molecule has 0 saturated carbocycles. The summed E-state index contributed by atoms with van der Waals surface area (Å²) in [5, 5.41) is 11.7. The number of hydrogen-bond acceptors (Lipinski definition) is 5. The summed E-state index contributed by atoms with van der Waals surface area (Å²) >= 11 is 0. The molecule has 0 aromatic carbocycles. The van der Waals surface area contributed by atoms with Crippen LogP contribution in [0.4, 0.5) is 0 Å². The summed E-state index contributed by atoms with van der Waals surface area (Å²) in [6.07, 6.45) is 1.60. The molecule has 0 aromatic rings. The monoisotopic (exact) mass is 290 g/mol. The number of carboxylic acid groups (broad SMARTS) is 1. The number of rotatable bonds is 5. The Balaban J connectivity index is 1.99. The molecule has 2 rings (SSSR count). The molecule has 2 saturated heterocycles. The third kappa shape index (κ3) is 3.90. The Morgan fingerprint density at radius 2 is 2.16 bits per heavy atom. The highest BCUT2D eigenvalue weighted by molar-refractivity contribution is 7.91. The van der Waals surface area contributed by atoms with Gasteiger partial charge in [-0.25, -0.2) is 8.42 Å². The lowest BCUT2D eigenvalue weighted by atomic mass is 10.1. The number of sulfone groups is 1. The van der Waals surface area contributed by atoms with Gasteiger partial charge in [-0.3, -0.25) is 14.5 Å². The first kappa shape index (κ1) is 14.3. The van der Waals surface area contributed by atoms with Crippen molar-refractivity contribution in [2.75, 3.05) is 24.6 Å². The molecule has 0 aliphatic carbocycles. The molecule has 2 unspecified atom stereocenters. The molecule has 2 heterocycles. The van der Waals surface area contributed by atoms with Crippen molar-refractivity contribution in [1.29, 1.82) is 0 Å². The van der Waals surface area contributed by atoms with E-state index in [4.69, 9.17) is 5.11 Å². The zero-order valence-electron chi connectivity index (χ0n) is 10.5. The Labute approximate surface area is 111 Å². The normalized spacial score (nSPS) is 29.6. The van der Waals surface area contributed by atoms with Crippen molar-refractivity contribution in [2.45, 2.75) is 31.3 Å². The van der Waals surface area contributed by atoms with E-state index in [0.717, 1.165) is 0 Å². The maximum Gasteiger partial charge on any atom is 0.317 e. The molecular weight excluding hydrogens is 272 g/mol. The lowest BCUT2D eigenvalue weighted by Crippen LogP contribution is -2.46. The van der Waals surface area contributed by atoms with Gasteiger partial charge in [0.05, 0.1) is 18.1 Å². The van der Waals surface area contributed by atoms with E-state index in [2.05, 4.69) is 5.32 Å². The van der Waals surface area contributed by atoms with Crippen molar-refractivity contribution in [2.24, 2.45) is 0 Å². The molecule has 1 amide bonds. The fourth-order valence-electron chi connectivity index (χ4n) is 2.68. The molecule has 8 heteroatoms. The maximum atomic E-state index is 11.5. The van der Waals surface area contributed by atoms with E-state index < -0.39 is 15.8 Å². The number of carbonyl (C=O) groups is 2. The number of aliphatic carboxylic acids is 1. The third-order valence-corrected chi connectivity index (χ3v) is 5.35. The van der Waals surface area contributed by atoms with Gasteiger partial charge in [0, 0.05) is 25.0 Å². The molecule has 2 aliphatic heterocycles. The van der Waals surface area contributed by atoms with Crippen LogP contribution in [0.3, 0.4) is 0 Å². The van der Waals surface area contributed by atoms with Crippen LogP contribution < -0.4 is 5.32 Å². The summed E-state index contributed by atoms with van der Waals surface area (Å²) < 4.78 is 23.0. The van der Waals surface area contributed by atoms with Crippen LogP contribution in [0.2, 0.25) is 0 Å². The van der Waals surface area contributed by atoms with Crippen molar-refractivity contribution in [3.8, 4) is 0 Å². The minimum Gasteiger partial charge on any atom is -0.480 e. The van der Waals surface area contributed by atoms with Gasteiger partial charge in [0.2, 0.25) is 5.91 Å². The van der Waals surface area contributed by atoms with Gasteiger partial charge >= 0.3 is 5.97 Å². The zero-order chi connectivity index (χ0) is 14.0. The molecule has 0 aromatic heterocycles. The highest BCUT2D eigenvalue weighted by Gasteiger charge is 2.35. The van der Waals surface area contributed by atoms with E-state index in [1.807, 2.05) is 0 Å². The smallest absolute Gasteiger partial charge is 0.317 e. The average molecular weight is 290 g/mol. The quantitative estimate of drug-likeness (QED) is 0.662. The molecule has 2 fully saturated rings. The van der Waals surface area contributed by atoms with Crippen LogP contribution in [0.1, 0.15) is 19.3 Å². The minimum atomic E-state index is -3.04. The second-order valence-electron chi connectivity index (χ2n) is 5.18. The van der Waals surface area contributed by atoms with Gasteiger partial charge in [-0.05, 0) is 12.8 Å². The number of carboxylic acids is 1. The summed E-state index contributed by atoms with van der Waals surface area (Å²) in [5.74, 6) is -0.876. The Kier molecular flexibility index (Phi) is 4.10. The van der Waals surface area contributed by atoms with Gasteiger partial charge < -0.3 is 10.4 Å². The Hall–Kier alpha value is -1.15. The first-order chi connectivity index (χ1) is 8.85. The van der Waals surface area contributed by atoms with Crippen LogP contribution in [-0.4, -0.2) is 67.0 Å².